The van der Waals surface area contributed by atoms with E-state index in [-0.39, 0.29) is 31.0 Å². The number of amides is 2. The predicted octanol–water partition coefficient (Wildman–Crippen LogP) is 4.10. The van der Waals surface area contributed by atoms with Gasteiger partial charge in [-0.25, -0.2) is 13.2 Å². The van der Waals surface area contributed by atoms with Crippen molar-refractivity contribution in [1.82, 2.24) is 10.6 Å². The number of nitrogens with one attached hydrogen (secondary N) is 3. The molecular formula is C29H47N3O7S. The Balaban J connectivity index is 2.22. The minimum atomic E-state index is -3.77. The van der Waals surface area contributed by atoms with Gasteiger partial charge in [-0.2, -0.15) is 0 Å². The van der Waals surface area contributed by atoms with E-state index in [2.05, 4.69) is 16.0 Å². The monoisotopic (exact) mass is 581 g/mol. The number of Topliss-reactive ketones (excluding diaryl/α,β-unsaturated/α-hetero) is 1. The van der Waals surface area contributed by atoms with E-state index >= 15 is 0 Å². The first-order valence-electron chi connectivity index (χ1n) is 14.0. The number of aliphatic hydroxyl groups excluding tert-OH is 1. The fourth-order valence-corrected chi connectivity index (χ4v) is 6.49. The molecule has 0 aliphatic carbocycles. The van der Waals surface area contributed by atoms with Crippen molar-refractivity contribution in [2.24, 2.45) is 11.3 Å². The zero-order valence-corrected chi connectivity index (χ0v) is 25.7. The fraction of sp³-hybridized carbons (Fsp3) is 0.690. The highest BCUT2D eigenvalue weighted by Gasteiger charge is 2.41. The molecule has 0 fully saturated rings. The summed E-state index contributed by atoms with van der Waals surface area (Å²) >= 11 is 0. The number of alkyl carbamates (subject to hydrolysis) is 1. The summed E-state index contributed by atoms with van der Waals surface area (Å²) in [6.07, 6.45) is 0.0812. The number of rotatable bonds is 13. The molecule has 2 rings (SSSR count). The summed E-state index contributed by atoms with van der Waals surface area (Å²) in [5.74, 6) is -1.49. The number of anilines is 1. The first-order chi connectivity index (χ1) is 18.5. The Labute approximate surface area is 238 Å². The van der Waals surface area contributed by atoms with Crippen LogP contribution in [0.3, 0.4) is 0 Å². The summed E-state index contributed by atoms with van der Waals surface area (Å²) < 4.78 is 31.3. The van der Waals surface area contributed by atoms with Gasteiger partial charge in [0.05, 0.1) is 12.1 Å². The van der Waals surface area contributed by atoms with E-state index in [1.807, 2.05) is 6.92 Å². The lowest BCUT2D eigenvalue weighted by Gasteiger charge is -2.35. The minimum Gasteiger partial charge on any atom is -0.444 e. The van der Waals surface area contributed by atoms with Crippen LogP contribution in [0, 0.1) is 11.3 Å². The fourth-order valence-electron chi connectivity index (χ4n) is 4.89. The molecule has 0 spiro atoms. The zero-order chi connectivity index (χ0) is 30.3. The Hall–Kier alpha value is -2.66. The Morgan fingerprint density at radius 3 is 2.42 bits per heavy atom. The second-order valence-electron chi connectivity index (χ2n) is 12.6. The van der Waals surface area contributed by atoms with Crippen LogP contribution in [0.25, 0.3) is 0 Å². The minimum absolute atomic E-state index is 0.0818. The number of hydrogen-bond acceptors (Lipinski definition) is 8. The van der Waals surface area contributed by atoms with Crippen LogP contribution in [-0.4, -0.2) is 61.5 Å². The van der Waals surface area contributed by atoms with Gasteiger partial charge in [0.1, 0.15) is 16.7 Å². The molecule has 1 aromatic rings. The predicted molar refractivity (Wildman–Crippen MR) is 155 cm³/mol. The molecule has 1 aliphatic rings. The highest BCUT2D eigenvalue weighted by atomic mass is 32.2. The van der Waals surface area contributed by atoms with Crippen LogP contribution < -0.4 is 16.0 Å². The van der Waals surface area contributed by atoms with Gasteiger partial charge in [0.2, 0.25) is 5.91 Å². The molecule has 0 saturated heterocycles. The highest BCUT2D eigenvalue weighted by Crippen LogP contribution is 2.39. The number of ether oxygens (including phenoxy) is 1. The molecule has 0 radical (unpaired) electrons. The standard InChI is InChI=1S/C29H47N3O7S/c1-8-9-14-30-26(35)19(2)15-23(33)22(32-27(36)39-28(3,4)5)16-29(6,7)17-24(34)25-20-12-10-11-13-21(20)31-18-40(25,37)38/h10-13,19,22-23,25,31,33H,8-9,14-18H2,1-7H3,(H,30,35)(H,32,36)/t19-,22+,23+,25?/m1/s1. The lowest BCUT2D eigenvalue weighted by atomic mass is 9.78. The van der Waals surface area contributed by atoms with Crippen LogP contribution in [0.4, 0.5) is 10.5 Å². The van der Waals surface area contributed by atoms with E-state index in [1.165, 1.54) is 0 Å². The molecule has 2 amide bonds. The van der Waals surface area contributed by atoms with Crippen molar-refractivity contribution in [3.63, 3.8) is 0 Å². The van der Waals surface area contributed by atoms with E-state index < -0.39 is 56.0 Å². The SMILES string of the molecule is CCCCNC(=O)[C@H](C)C[C@H](O)[C@H](CC(C)(C)CC(=O)C1c2ccccc2NCS1(=O)=O)NC(=O)OC(C)(C)C. The average molecular weight is 582 g/mol. The number of ketones is 1. The first kappa shape index (κ1) is 33.5. The number of carbonyl (C=O) groups is 3. The topological polar surface area (TPSA) is 151 Å². The van der Waals surface area contributed by atoms with Gasteiger partial charge in [-0.05, 0) is 51.5 Å². The normalized spacial score (nSPS) is 18.9. The van der Waals surface area contributed by atoms with Crippen molar-refractivity contribution in [2.45, 2.75) is 104 Å². The smallest absolute Gasteiger partial charge is 0.407 e. The van der Waals surface area contributed by atoms with E-state index in [1.54, 1.807) is 65.8 Å². The molecule has 226 valence electrons. The number of hydrogen-bond donors (Lipinski definition) is 4. The molecule has 0 aromatic heterocycles. The van der Waals surface area contributed by atoms with E-state index in [4.69, 9.17) is 4.74 Å². The Kier molecular flexibility index (Phi) is 11.6. The molecule has 4 N–H and O–H groups in total. The lowest BCUT2D eigenvalue weighted by Crippen LogP contribution is -2.49. The van der Waals surface area contributed by atoms with Crippen molar-refractivity contribution in [3.8, 4) is 0 Å². The van der Waals surface area contributed by atoms with Crippen molar-refractivity contribution in [2.75, 3.05) is 17.7 Å². The van der Waals surface area contributed by atoms with Gasteiger partial charge in [0.25, 0.3) is 0 Å². The maximum atomic E-state index is 13.5. The molecule has 10 nitrogen and oxygen atoms in total. The number of aliphatic hydroxyl groups is 1. The van der Waals surface area contributed by atoms with Crippen LogP contribution in [-0.2, 0) is 24.2 Å². The average Bonchev–Trinajstić information content (AvgIpc) is 2.81. The third-order valence-electron chi connectivity index (χ3n) is 6.82. The first-order valence-corrected chi connectivity index (χ1v) is 15.7. The summed E-state index contributed by atoms with van der Waals surface area (Å²) in [6.45, 7) is 13.0. The van der Waals surface area contributed by atoms with Crippen LogP contribution >= 0.6 is 0 Å². The quantitative estimate of drug-likeness (QED) is 0.254. The lowest BCUT2D eigenvalue weighted by molar-refractivity contribution is -0.125. The number of benzene rings is 1. The van der Waals surface area contributed by atoms with Gasteiger partial charge in [0.15, 0.2) is 15.6 Å². The van der Waals surface area contributed by atoms with E-state index in [0.717, 1.165) is 12.8 Å². The molecule has 11 heteroatoms. The van der Waals surface area contributed by atoms with Gasteiger partial charge in [0, 0.05) is 30.1 Å². The summed E-state index contributed by atoms with van der Waals surface area (Å²) in [7, 11) is -3.77. The van der Waals surface area contributed by atoms with Gasteiger partial charge in [-0.3, -0.25) is 9.59 Å². The van der Waals surface area contributed by atoms with Gasteiger partial charge >= 0.3 is 6.09 Å². The summed E-state index contributed by atoms with van der Waals surface area (Å²) in [6, 6.07) is 6.00. The molecular weight excluding hydrogens is 534 g/mol. The largest absolute Gasteiger partial charge is 0.444 e. The summed E-state index contributed by atoms with van der Waals surface area (Å²) in [5, 5.41) is 18.3. The Bertz CT molecular complexity index is 1140. The molecule has 4 atom stereocenters. The van der Waals surface area contributed by atoms with Gasteiger partial charge < -0.3 is 25.8 Å². The van der Waals surface area contributed by atoms with Gasteiger partial charge in [-0.1, -0.05) is 52.3 Å². The van der Waals surface area contributed by atoms with Crippen molar-refractivity contribution in [1.29, 1.82) is 0 Å². The van der Waals surface area contributed by atoms with Crippen LogP contribution in [0.5, 0.6) is 0 Å². The van der Waals surface area contributed by atoms with Crippen LogP contribution in [0.15, 0.2) is 24.3 Å². The second-order valence-corrected chi connectivity index (χ2v) is 14.6. The number of unbranched alkanes of at least 4 members (excludes halogenated alkanes) is 1. The number of para-hydroxylation sites is 1. The number of sulfone groups is 1. The Morgan fingerprint density at radius 1 is 1.15 bits per heavy atom. The second kappa shape index (κ2) is 13.8. The van der Waals surface area contributed by atoms with Gasteiger partial charge in [-0.15, -0.1) is 0 Å². The van der Waals surface area contributed by atoms with Crippen LogP contribution in [0.1, 0.15) is 91.4 Å². The zero-order valence-electron chi connectivity index (χ0n) is 24.9. The third-order valence-corrected chi connectivity index (χ3v) is 8.60. The molecule has 1 unspecified atom stereocenters. The summed E-state index contributed by atoms with van der Waals surface area (Å²) in [5.41, 5.74) is -0.547. The molecule has 1 heterocycles. The van der Waals surface area contributed by atoms with Crippen LogP contribution in [0.2, 0.25) is 0 Å². The van der Waals surface area contributed by atoms with Crippen molar-refractivity contribution < 1.29 is 32.6 Å². The number of fused-ring (bicyclic) bond motifs is 1. The molecule has 1 aliphatic heterocycles. The number of carbonyl (C=O) groups excluding carboxylic acids is 3. The van der Waals surface area contributed by atoms with E-state index in [9.17, 15) is 27.9 Å². The molecule has 0 bridgehead atoms. The maximum absolute atomic E-state index is 13.5. The maximum Gasteiger partial charge on any atom is 0.407 e. The highest BCUT2D eigenvalue weighted by molar-refractivity contribution is 7.92. The molecule has 1 aromatic carbocycles. The van der Waals surface area contributed by atoms with E-state index in [0.29, 0.717) is 17.8 Å². The summed E-state index contributed by atoms with van der Waals surface area (Å²) in [4.78, 5) is 38.7. The van der Waals surface area contributed by atoms with Crippen molar-refractivity contribution in [3.05, 3.63) is 29.8 Å². The molecule has 0 saturated carbocycles. The molecule has 40 heavy (non-hydrogen) atoms. The third kappa shape index (κ3) is 10.1. The van der Waals surface area contributed by atoms with Crippen molar-refractivity contribution >= 4 is 33.3 Å². The Morgan fingerprint density at radius 2 is 1.80 bits per heavy atom.